The van der Waals surface area contributed by atoms with Crippen molar-refractivity contribution in [2.24, 2.45) is 4.99 Å². The van der Waals surface area contributed by atoms with Gasteiger partial charge in [0.25, 0.3) is 5.91 Å². The van der Waals surface area contributed by atoms with Crippen LogP contribution in [0.4, 0.5) is 5.69 Å². The first-order valence-electron chi connectivity index (χ1n) is 7.82. The first-order valence-corrected chi connectivity index (χ1v) is 9.46. The Kier molecular flexibility index (Phi) is 5.69. The number of aliphatic imine (C=N–C) groups is 1. The molecule has 1 fully saturated rings. The highest BCUT2D eigenvalue weighted by molar-refractivity contribution is 8.15. The fourth-order valence-electron chi connectivity index (χ4n) is 2.70. The molecule has 1 N–H and O–H groups in total. The smallest absolute Gasteiger partial charge is 0.262 e. The molecule has 5 nitrogen and oxygen atoms in total. The van der Waals surface area contributed by atoms with Crippen molar-refractivity contribution in [1.82, 2.24) is 4.90 Å². The van der Waals surface area contributed by atoms with Crippen LogP contribution in [0.5, 0.6) is 0 Å². The molecule has 2 heterocycles. The number of nitrogens with one attached hydrogen (secondary N) is 1. The highest BCUT2D eigenvalue weighted by atomic mass is 35.5. The summed E-state index contributed by atoms with van der Waals surface area (Å²) < 4.78 is 0. The van der Waals surface area contributed by atoms with Gasteiger partial charge < -0.3 is 10.2 Å². The predicted molar refractivity (Wildman–Crippen MR) is 99.0 cm³/mol. The molecule has 2 aliphatic heterocycles. The minimum absolute atomic E-state index is 0.0627. The second-order valence-corrected chi connectivity index (χ2v) is 7.70. The molecule has 1 unspecified atom stereocenters. The van der Waals surface area contributed by atoms with E-state index in [9.17, 15) is 9.59 Å². The number of benzene rings is 1. The van der Waals surface area contributed by atoms with Crippen LogP contribution in [0.2, 0.25) is 10.0 Å². The number of amidine groups is 1. The average Bonchev–Trinajstić information content (AvgIpc) is 2.93. The van der Waals surface area contributed by atoms with E-state index in [-0.39, 0.29) is 18.2 Å². The van der Waals surface area contributed by atoms with Gasteiger partial charge in [0.1, 0.15) is 5.25 Å². The second kappa shape index (κ2) is 7.76. The van der Waals surface area contributed by atoms with Crippen molar-refractivity contribution in [1.29, 1.82) is 0 Å². The normalized spacial score (nSPS) is 20.9. The van der Waals surface area contributed by atoms with E-state index in [1.807, 2.05) is 0 Å². The van der Waals surface area contributed by atoms with Gasteiger partial charge in [0.15, 0.2) is 5.17 Å². The third-order valence-electron chi connectivity index (χ3n) is 3.95. The molecule has 3 rings (SSSR count). The van der Waals surface area contributed by atoms with E-state index in [4.69, 9.17) is 23.2 Å². The van der Waals surface area contributed by atoms with E-state index in [1.165, 1.54) is 18.2 Å². The number of nitrogens with zero attached hydrogens (tertiary/aromatic N) is 2. The lowest BCUT2D eigenvalue weighted by Crippen LogP contribution is -2.33. The molecule has 8 heteroatoms. The van der Waals surface area contributed by atoms with Crippen molar-refractivity contribution in [2.45, 2.75) is 30.9 Å². The van der Waals surface area contributed by atoms with Crippen LogP contribution in [0, 0.1) is 0 Å². The SMILES string of the molecule is O=C(CC1SC(N2CCCCC2)=NC1=O)Nc1cccc(Cl)c1Cl. The Labute approximate surface area is 154 Å². The largest absolute Gasteiger partial charge is 0.351 e. The fraction of sp³-hybridized carbons (Fsp3) is 0.438. The van der Waals surface area contributed by atoms with Gasteiger partial charge >= 0.3 is 0 Å². The summed E-state index contributed by atoms with van der Waals surface area (Å²) in [5, 5.41) is 3.65. The number of likely N-dealkylation sites (tertiary alicyclic amines) is 1. The molecule has 0 bridgehead atoms. The third-order valence-corrected chi connectivity index (χ3v) is 5.98. The van der Waals surface area contributed by atoms with Gasteiger partial charge in [-0.05, 0) is 31.4 Å². The van der Waals surface area contributed by atoms with Crippen LogP contribution in [0.25, 0.3) is 0 Å². The summed E-state index contributed by atoms with van der Waals surface area (Å²) in [4.78, 5) is 30.6. The molecule has 128 valence electrons. The van der Waals surface area contributed by atoms with Crippen molar-refractivity contribution >= 4 is 57.6 Å². The summed E-state index contributed by atoms with van der Waals surface area (Å²) in [6.45, 7) is 1.85. The van der Waals surface area contributed by atoms with Crippen LogP contribution in [0.3, 0.4) is 0 Å². The van der Waals surface area contributed by atoms with Crippen LogP contribution in [-0.2, 0) is 9.59 Å². The lowest BCUT2D eigenvalue weighted by molar-refractivity contribution is -0.121. The summed E-state index contributed by atoms with van der Waals surface area (Å²) in [6.07, 6.45) is 3.51. The summed E-state index contributed by atoms with van der Waals surface area (Å²) in [5.74, 6) is -0.520. The van der Waals surface area contributed by atoms with E-state index >= 15 is 0 Å². The molecular formula is C16H17Cl2N3O2S. The number of carbonyl (C=O) groups excluding carboxylic acids is 2. The molecule has 24 heavy (non-hydrogen) atoms. The van der Waals surface area contributed by atoms with E-state index in [0.29, 0.717) is 15.7 Å². The molecule has 2 aliphatic rings. The highest BCUT2D eigenvalue weighted by Crippen LogP contribution is 2.31. The van der Waals surface area contributed by atoms with Gasteiger partial charge in [0.2, 0.25) is 5.91 Å². The summed E-state index contributed by atoms with van der Waals surface area (Å²) in [6, 6.07) is 5.02. The Morgan fingerprint density at radius 2 is 2.04 bits per heavy atom. The number of thioether (sulfide) groups is 1. The Bertz CT molecular complexity index is 690. The molecule has 1 aromatic rings. The van der Waals surface area contributed by atoms with Crippen molar-refractivity contribution in [3.63, 3.8) is 0 Å². The van der Waals surface area contributed by atoms with Crippen molar-refractivity contribution in [2.75, 3.05) is 18.4 Å². The molecule has 0 spiro atoms. The number of rotatable bonds is 3. The number of hydrogen-bond acceptors (Lipinski definition) is 4. The molecular weight excluding hydrogens is 369 g/mol. The Morgan fingerprint density at radius 1 is 1.29 bits per heavy atom. The summed E-state index contributed by atoms with van der Waals surface area (Å²) >= 11 is 13.4. The zero-order chi connectivity index (χ0) is 17.1. The van der Waals surface area contributed by atoms with E-state index in [2.05, 4.69) is 15.2 Å². The van der Waals surface area contributed by atoms with Crippen LogP contribution >= 0.6 is 35.0 Å². The van der Waals surface area contributed by atoms with Gasteiger partial charge in [-0.25, -0.2) is 0 Å². The maximum absolute atomic E-state index is 12.2. The van der Waals surface area contributed by atoms with Crippen LogP contribution in [0.15, 0.2) is 23.2 Å². The summed E-state index contributed by atoms with van der Waals surface area (Å²) in [7, 11) is 0. The van der Waals surface area contributed by atoms with Gasteiger partial charge in [0, 0.05) is 19.5 Å². The number of anilines is 1. The van der Waals surface area contributed by atoms with Gasteiger partial charge in [-0.1, -0.05) is 41.0 Å². The number of hydrogen-bond donors (Lipinski definition) is 1. The highest BCUT2D eigenvalue weighted by Gasteiger charge is 2.33. The van der Waals surface area contributed by atoms with Gasteiger partial charge in [-0.3, -0.25) is 9.59 Å². The zero-order valence-corrected chi connectivity index (χ0v) is 15.3. The maximum atomic E-state index is 12.2. The molecule has 2 amide bonds. The fourth-order valence-corrected chi connectivity index (χ4v) is 4.16. The average molecular weight is 386 g/mol. The third kappa shape index (κ3) is 4.05. The number of amides is 2. The minimum Gasteiger partial charge on any atom is -0.351 e. The topological polar surface area (TPSA) is 61.8 Å². The second-order valence-electron chi connectivity index (χ2n) is 5.74. The molecule has 1 aromatic carbocycles. The van der Waals surface area contributed by atoms with Crippen LogP contribution < -0.4 is 5.32 Å². The van der Waals surface area contributed by atoms with Crippen molar-refractivity contribution in [3.05, 3.63) is 28.2 Å². The first-order chi connectivity index (χ1) is 11.5. The van der Waals surface area contributed by atoms with Crippen molar-refractivity contribution < 1.29 is 9.59 Å². The van der Waals surface area contributed by atoms with E-state index in [1.54, 1.807) is 18.2 Å². The lowest BCUT2D eigenvalue weighted by Gasteiger charge is -2.27. The standard InChI is InChI=1S/C16H17Cl2N3O2S/c17-10-5-4-6-11(14(10)18)19-13(22)9-12-15(23)20-16(24-12)21-7-2-1-3-8-21/h4-6,12H,1-3,7-9H2,(H,19,22). The predicted octanol–water partition coefficient (Wildman–Crippen LogP) is 3.81. The number of piperidine rings is 1. The van der Waals surface area contributed by atoms with Crippen LogP contribution in [-0.4, -0.2) is 40.2 Å². The van der Waals surface area contributed by atoms with Gasteiger partial charge in [-0.2, -0.15) is 4.99 Å². The molecule has 0 aliphatic carbocycles. The zero-order valence-electron chi connectivity index (χ0n) is 12.9. The van der Waals surface area contributed by atoms with Gasteiger partial charge in [0.05, 0.1) is 15.7 Å². The Hall–Kier alpha value is -1.24. The lowest BCUT2D eigenvalue weighted by atomic mass is 10.1. The molecule has 0 saturated carbocycles. The first kappa shape index (κ1) is 17.6. The maximum Gasteiger partial charge on any atom is 0.262 e. The van der Waals surface area contributed by atoms with Crippen molar-refractivity contribution in [3.8, 4) is 0 Å². The number of carbonyl (C=O) groups is 2. The van der Waals surface area contributed by atoms with E-state index < -0.39 is 5.25 Å². The monoisotopic (exact) mass is 385 g/mol. The Morgan fingerprint density at radius 3 is 2.79 bits per heavy atom. The van der Waals surface area contributed by atoms with Crippen LogP contribution in [0.1, 0.15) is 25.7 Å². The molecule has 1 atom stereocenters. The number of halogens is 2. The Balaban J connectivity index is 1.57. The molecule has 1 saturated heterocycles. The molecule has 0 radical (unpaired) electrons. The summed E-state index contributed by atoms with van der Waals surface area (Å²) in [5.41, 5.74) is 0.446. The molecule has 0 aromatic heterocycles. The van der Waals surface area contributed by atoms with Gasteiger partial charge in [-0.15, -0.1) is 0 Å². The minimum atomic E-state index is -0.472. The quantitative estimate of drug-likeness (QED) is 0.858. The van der Waals surface area contributed by atoms with E-state index in [0.717, 1.165) is 31.1 Å².